The van der Waals surface area contributed by atoms with E-state index in [1.165, 1.54) is 0 Å². The number of carbonyl (C=O) groups is 1. The molecule has 0 aromatic carbocycles. The quantitative estimate of drug-likeness (QED) is 0.838. The third-order valence-electron chi connectivity index (χ3n) is 2.50. The molecule has 16 heavy (non-hydrogen) atoms. The Bertz CT molecular complexity index is 413. The van der Waals surface area contributed by atoms with E-state index in [2.05, 4.69) is 30.3 Å². The maximum Gasteiger partial charge on any atom is 0.267 e. The second kappa shape index (κ2) is 4.79. The molecule has 1 aromatic heterocycles. The molecule has 4 heteroatoms. The van der Waals surface area contributed by atoms with Crippen LogP contribution in [0.4, 0.5) is 5.69 Å². The molecule has 1 aromatic rings. The third kappa shape index (κ3) is 2.39. The Morgan fingerprint density at radius 1 is 1.56 bits per heavy atom. The van der Waals surface area contributed by atoms with E-state index in [0.717, 1.165) is 5.69 Å². The van der Waals surface area contributed by atoms with Crippen LogP contribution >= 0.6 is 0 Å². The van der Waals surface area contributed by atoms with Gasteiger partial charge in [0.2, 0.25) is 0 Å². The monoisotopic (exact) mass is 219 g/mol. The number of aromatic nitrogens is 1. The summed E-state index contributed by atoms with van der Waals surface area (Å²) in [6.45, 7) is 7.85. The second-order valence-electron chi connectivity index (χ2n) is 3.87. The molecule has 0 unspecified atom stereocenters. The van der Waals surface area contributed by atoms with E-state index >= 15 is 0 Å². The molecule has 0 atom stereocenters. The lowest BCUT2D eigenvalue weighted by Crippen LogP contribution is -2.27. The van der Waals surface area contributed by atoms with Crippen molar-refractivity contribution in [3.8, 4) is 0 Å². The van der Waals surface area contributed by atoms with Crippen LogP contribution in [0.2, 0.25) is 0 Å². The van der Waals surface area contributed by atoms with Gasteiger partial charge >= 0.3 is 0 Å². The minimum Gasteiger partial charge on any atom is -0.370 e. The summed E-state index contributed by atoms with van der Waals surface area (Å²) in [5.41, 5.74) is 7.05. The molecule has 4 nitrogen and oxygen atoms in total. The number of carbonyl (C=O) groups excluding carboxylic acids is 1. The van der Waals surface area contributed by atoms with Crippen LogP contribution < -0.4 is 10.6 Å². The average Bonchev–Trinajstić information content (AvgIpc) is 2.26. The van der Waals surface area contributed by atoms with Crippen molar-refractivity contribution in [2.45, 2.75) is 19.9 Å². The molecule has 0 fully saturated rings. The third-order valence-corrected chi connectivity index (χ3v) is 2.50. The molecule has 1 amide bonds. The summed E-state index contributed by atoms with van der Waals surface area (Å²) < 4.78 is 0. The zero-order valence-corrected chi connectivity index (χ0v) is 9.90. The highest BCUT2D eigenvalue weighted by Gasteiger charge is 2.12. The first-order valence-electron chi connectivity index (χ1n) is 5.13. The van der Waals surface area contributed by atoms with Gasteiger partial charge in [-0.2, -0.15) is 0 Å². The minimum absolute atomic E-state index is 0.260. The minimum atomic E-state index is -0.526. The summed E-state index contributed by atoms with van der Waals surface area (Å²) in [5, 5.41) is 0. The highest BCUT2D eigenvalue weighted by Crippen LogP contribution is 2.20. The van der Waals surface area contributed by atoms with Crippen LogP contribution in [0.25, 0.3) is 6.08 Å². The van der Waals surface area contributed by atoms with E-state index in [1.54, 1.807) is 12.1 Å². The lowest BCUT2D eigenvalue weighted by atomic mass is 10.2. The second-order valence-corrected chi connectivity index (χ2v) is 3.87. The zero-order valence-electron chi connectivity index (χ0n) is 9.90. The number of primary amides is 1. The molecule has 0 radical (unpaired) electrons. The molecule has 2 N–H and O–H groups in total. The SMILES string of the molecule is C=Cc1nc(C(N)=O)ccc1N(C)C(C)C. The molecule has 0 spiro atoms. The van der Waals surface area contributed by atoms with Crippen molar-refractivity contribution < 1.29 is 4.79 Å². The standard InChI is InChI=1S/C12H17N3O/c1-5-9-11(15(4)8(2)3)7-6-10(14-9)12(13)16/h5-8H,1H2,2-4H3,(H2,13,16). The fourth-order valence-corrected chi connectivity index (χ4v) is 1.33. The maximum absolute atomic E-state index is 11.0. The maximum atomic E-state index is 11.0. The summed E-state index contributed by atoms with van der Waals surface area (Å²) in [4.78, 5) is 17.2. The number of hydrogen-bond donors (Lipinski definition) is 1. The Kier molecular flexibility index (Phi) is 3.66. The molecule has 1 heterocycles. The van der Waals surface area contributed by atoms with Crippen molar-refractivity contribution in [3.05, 3.63) is 30.1 Å². The number of amides is 1. The van der Waals surface area contributed by atoms with Gasteiger partial charge in [-0.05, 0) is 32.1 Å². The van der Waals surface area contributed by atoms with Gasteiger partial charge in [0.15, 0.2) is 0 Å². The largest absolute Gasteiger partial charge is 0.370 e. The predicted molar refractivity (Wildman–Crippen MR) is 66.4 cm³/mol. The van der Waals surface area contributed by atoms with Crippen LogP contribution in [0.3, 0.4) is 0 Å². The normalized spacial score (nSPS) is 10.2. The highest BCUT2D eigenvalue weighted by atomic mass is 16.1. The summed E-state index contributed by atoms with van der Waals surface area (Å²) in [5.74, 6) is -0.526. The number of nitrogens with two attached hydrogens (primary N) is 1. The van der Waals surface area contributed by atoms with Crippen molar-refractivity contribution in [1.82, 2.24) is 4.98 Å². The van der Waals surface area contributed by atoms with Crippen LogP contribution in [-0.4, -0.2) is 24.0 Å². The van der Waals surface area contributed by atoms with Gasteiger partial charge in [0, 0.05) is 13.1 Å². The zero-order chi connectivity index (χ0) is 12.3. The van der Waals surface area contributed by atoms with Gasteiger partial charge in [0.25, 0.3) is 5.91 Å². The van der Waals surface area contributed by atoms with Crippen molar-refractivity contribution >= 4 is 17.7 Å². The molecule has 1 rings (SSSR count). The van der Waals surface area contributed by atoms with Crippen molar-refractivity contribution in [2.24, 2.45) is 5.73 Å². The Labute approximate surface area is 95.8 Å². The molecule has 0 aliphatic carbocycles. The van der Waals surface area contributed by atoms with Crippen LogP contribution in [0.1, 0.15) is 30.0 Å². The van der Waals surface area contributed by atoms with E-state index in [4.69, 9.17) is 5.73 Å². The average molecular weight is 219 g/mol. The van der Waals surface area contributed by atoms with Gasteiger partial charge in [-0.3, -0.25) is 4.79 Å². The van der Waals surface area contributed by atoms with Gasteiger partial charge < -0.3 is 10.6 Å². The molecule has 0 aliphatic rings. The van der Waals surface area contributed by atoms with E-state index in [0.29, 0.717) is 11.7 Å². The van der Waals surface area contributed by atoms with Crippen LogP contribution in [0, 0.1) is 0 Å². The number of hydrogen-bond acceptors (Lipinski definition) is 3. The van der Waals surface area contributed by atoms with Gasteiger partial charge in [0.05, 0.1) is 11.4 Å². The first-order valence-corrected chi connectivity index (χ1v) is 5.13. The Balaban J connectivity index is 3.21. The summed E-state index contributed by atoms with van der Waals surface area (Å²) in [6.07, 6.45) is 1.63. The van der Waals surface area contributed by atoms with Crippen molar-refractivity contribution in [2.75, 3.05) is 11.9 Å². The van der Waals surface area contributed by atoms with Crippen LogP contribution in [0.5, 0.6) is 0 Å². The lowest BCUT2D eigenvalue weighted by molar-refractivity contribution is 0.0995. The summed E-state index contributed by atoms with van der Waals surface area (Å²) in [7, 11) is 1.97. The molecule has 86 valence electrons. The first-order chi connectivity index (χ1) is 7.47. The fraction of sp³-hybridized carbons (Fsp3) is 0.333. The first kappa shape index (κ1) is 12.2. The highest BCUT2D eigenvalue weighted by molar-refractivity contribution is 5.91. The molecule has 0 saturated carbocycles. The van der Waals surface area contributed by atoms with Gasteiger partial charge in [-0.25, -0.2) is 4.98 Å². The topological polar surface area (TPSA) is 59.2 Å². The van der Waals surface area contributed by atoms with Crippen LogP contribution in [0.15, 0.2) is 18.7 Å². The van der Waals surface area contributed by atoms with Crippen LogP contribution in [-0.2, 0) is 0 Å². The van der Waals surface area contributed by atoms with Crippen molar-refractivity contribution in [3.63, 3.8) is 0 Å². The van der Waals surface area contributed by atoms with Crippen molar-refractivity contribution in [1.29, 1.82) is 0 Å². The molecule has 0 saturated heterocycles. The number of pyridine rings is 1. The molecule has 0 aliphatic heterocycles. The molecular formula is C12H17N3O. The lowest BCUT2D eigenvalue weighted by Gasteiger charge is -2.25. The van der Waals surface area contributed by atoms with E-state index in [1.807, 2.05) is 13.1 Å². The van der Waals surface area contributed by atoms with E-state index < -0.39 is 5.91 Å². The fourth-order valence-electron chi connectivity index (χ4n) is 1.33. The van der Waals surface area contributed by atoms with Gasteiger partial charge in [-0.1, -0.05) is 6.58 Å². The smallest absolute Gasteiger partial charge is 0.267 e. The Hall–Kier alpha value is -1.84. The molecule has 0 bridgehead atoms. The summed E-state index contributed by atoms with van der Waals surface area (Å²) >= 11 is 0. The van der Waals surface area contributed by atoms with E-state index in [9.17, 15) is 4.79 Å². The number of nitrogens with zero attached hydrogens (tertiary/aromatic N) is 2. The number of rotatable bonds is 4. The Morgan fingerprint density at radius 2 is 2.19 bits per heavy atom. The molecular weight excluding hydrogens is 202 g/mol. The number of anilines is 1. The van der Waals surface area contributed by atoms with E-state index in [-0.39, 0.29) is 5.69 Å². The summed E-state index contributed by atoms with van der Waals surface area (Å²) in [6, 6.07) is 3.81. The van der Waals surface area contributed by atoms with Gasteiger partial charge in [0.1, 0.15) is 5.69 Å². The Morgan fingerprint density at radius 3 is 2.62 bits per heavy atom. The predicted octanol–water partition coefficient (Wildman–Crippen LogP) is 1.67. The van der Waals surface area contributed by atoms with Gasteiger partial charge in [-0.15, -0.1) is 0 Å².